The summed E-state index contributed by atoms with van der Waals surface area (Å²) < 4.78 is 4.01. The van der Waals surface area contributed by atoms with Crippen LogP contribution in [0.25, 0.3) is 16.9 Å². The normalized spacial score (nSPS) is 11.3. The van der Waals surface area contributed by atoms with Gasteiger partial charge in [0.05, 0.1) is 5.69 Å². The molecule has 4 nitrogen and oxygen atoms in total. The van der Waals surface area contributed by atoms with Crippen LogP contribution in [0.15, 0.2) is 35.3 Å². The van der Waals surface area contributed by atoms with E-state index < -0.39 is 0 Å². The lowest BCUT2D eigenvalue weighted by atomic mass is 10.2. The third-order valence-electron chi connectivity index (χ3n) is 2.59. The number of rotatable bonds is 3. The van der Waals surface area contributed by atoms with Gasteiger partial charge in [0.25, 0.3) is 0 Å². The highest BCUT2D eigenvalue weighted by Gasteiger charge is 2.07. The van der Waals surface area contributed by atoms with Crippen molar-refractivity contribution >= 4 is 17.0 Å². The van der Waals surface area contributed by atoms with Gasteiger partial charge in [0.2, 0.25) is 0 Å². The lowest BCUT2D eigenvalue weighted by molar-refractivity contribution is 0.730. The maximum Gasteiger partial charge on any atom is 0.136 e. The minimum Gasteiger partial charge on any atom is -0.330 e. The summed E-state index contributed by atoms with van der Waals surface area (Å²) in [5.41, 5.74) is 8.84. The topological polar surface area (TPSA) is 48.2 Å². The average Bonchev–Trinajstić information content (AvgIpc) is 2.93. The number of imidazole rings is 1. The molecule has 0 spiro atoms. The minimum absolute atomic E-state index is 0.642. The van der Waals surface area contributed by atoms with Crippen LogP contribution < -0.4 is 5.73 Å². The number of nitrogens with zero attached hydrogens (tertiary/aromatic N) is 3. The van der Waals surface area contributed by atoms with Crippen molar-refractivity contribution in [2.75, 3.05) is 6.54 Å². The first-order valence-corrected chi connectivity index (χ1v) is 6.10. The number of hydrogen-bond donors (Lipinski definition) is 1. The number of fused-ring (bicyclic) bond motifs is 1. The summed E-state index contributed by atoms with van der Waals surface area (Å²) >= 11 is 1.69. The summed E-state index contributed by atoms with van der Waals surface area (Å²) in [7, 11) is 0. The Morgan fingerprint density at radius 1 is 1.38 bits per heavy atom. The third-order valence-corrected chi connectivity index (χ3v) is 3.27. The van der Waals surface area contributed by atoms with E-state index in [-0.39, 0.29) is 0 Å². The van der Waals surface area contributed by atoms with Crippen molar-refractivity contribution in [3.05, 3.63) is 35.3 Å². The second kappa shape index (κ2) is 3.77. The van der Waals surface area contributed by atoms with Crippen molar-refractivity contribution in [2.24, 2.45) is 5.73 Å². The first kappa shape index (κ1) is 9.62. The Bertz CT molecular complexity index is 591. The molecule has 0 aliphatic heterocycles. The molecule has 0 aromatic carbocycles. The minimum atomic E-state index is 0.642. The van der Waals surface area contributed by atoms with E-state index in [1.165, 1.54) is 5.56 Å². The van der Waals surface area contributed by atoms with Crippen molar-refractivity contribution in [1.29, 1.82) is 0 Å². The Morgan fingerprint density at radius 2 is 2.31 bits per heavy atom. The van der Waals surface area contributed by atoms with Crippen LogP contribution in [0, 0.1) is 0 Å². The fourth-order valence-electron chi connectivity index (χ4n) is 1.81. The molecule has 0 unspecified atom stereocenters. The summed E-state index contributed by atoms with van der Waals surface area (Å²) in [6, 6.07) is 4.18. The number of aromatic nitrogens is 3. The van der Waals surface area contributed by atoms with Crippen LogP contribution in [0.5, 0.6) is 0 Å². The zero-order valence-electron chi connectivity index (χ0n) is 8.71. The highest BCUT2D eigenvalue weighted by atomic mass is 32.1. The van der Waals surface area contributed by atoms with Gasteiger partial charge in [0.15, 0.2) is 0 Å². The molecular formula is C11H12N4S. The van der Waals surface area contributed by atoms with Gasteiger partial charge in [-0.25, -0.2) is 4.52 Å². The van der Waals surface area contributed by atoms with E-state index in [1.54, 1.807) is 11.3 Å². The number of thiophene rings is 1. The van der Waals surface area contributed by atoms with E-state index in [2.05, 4.69) is 32.6 Å². The Balaban J connectivity index is 2.09. The van der Waals surface area contributed by atoms with E-state index >= 15 is 0 Å². The number of hydrogen-bond acceptors (Lipinski definition) is 3. The monoisotopic (exact) mass is 232 g/mol. The maximum absolute atomic E-state index is 5.56. The second-order valence-corrected chi connectivity index (χ2v) is 4.40. The predicted octanol–water partition coefficient (Wildman–Crippen LogP) is 1.82. The maximum atomic E-state index is 5.56. The molecule has 3 heterocycles. The molecule has 0 saturated carbocycles. The Kier molecular flexibility index (Phi) is 2.27. The molecule has 0 atom stereocenters. The molecular weight excluding hydrogens is 220 g/mol. The molecule has 0 aliphatic carbocycles. The molecule has 3 aromatic heterocycles. The van der Waals surface area contributed by atoms with Gasteiger partial charge < -0.3 is 10.3 Å². The molecule has 5 heteroatoms. The highest BCUT2D eigenvalue weighted by molar-refractivity contribution is 7.08. The van der Waals surface area contributed by atoms with Gasteiger partial charge in [-0.1, -0.05) is 0 Å². The quantitative estimate of drug-likeness (QED) is 0.749. The van der Waals surface area contributed by atoms with Crippen LogP contribution in [0.3, 0.4) is 0 Å². The Labute approximate surface area is 96.9 Å². The molecule has 0 radical (unpaired) electrons. The van der Waals surface area contributed by atoms with Crippen molar-refractivity contribution in [2.45, 2.75) is 6.54 Å². The van der Waals surface area contributed by atoms with Gasteiger partial charge in [-0.3, -0.25) is 0 Å². The van der Waals surface area contributed by atoms with E-state index in [0.29, 0.717) is 6.54 Å². The second-order valence-electron chi connectivity index (χ2n) is 3.62. The van der Waals surface area contributed by atoms with E-state index in [4.69, 9.17) is 5.73 Å². The van der Waals surface area contributed by atoms with Crippen molar-refractivity contribution < 1.29 is 0 Å². The van der Waals surface area contributed by atoms with E-state index in [9.17, 15) is 0 Å². The van der Waals surface area contributed by atoms with Gasteiger partial charge in [0.1, 0.15) is 5.65 Å². The van der Waals surface area contributed by atoms with Crippen LogP contribution in [0.4, 0.5) is 0 Å². The fourth-order valence-corrected chi connectivity index (χ4v) is 2.46. The lowest BCUT2D eigenvalue weighted by Gasteiger charge is -1.97. The smallest absolute Gasteiger partial charge is 0.136 e. The predicted molar refractivity (Wildman–Crippen MR) is 65.5 cm³/mol. The van der Waals surface area contributed by atoms with Crippen molar-refractivity contribution in [1.82, 2.24) is 14.2 Å². The lowest BCUT2D eigenvalue weighted by Crippen LogP contribution is -2.08. The molecule has 16 heavy (non-hydrogen) atoms. The van der Waals surface area contributed by atoms with Gasteiger partial charge in [-0.2, -0.15) is 16.4 Å². The first-order valence-electron chi connectivity index (χ1n) is 5.15. The molecule has 0 aliphatic rings. The van der Waals surface area contributed by atoms with Gasteiger partial charge in [-0.15, -0.1) is 0 Å². The van der Waals surface area contributed by atoms with Gasteiger partial charge in [-0.05, 0) is 11.4 Å². The van der Waals surface area contributed by atoms with Crippen LogP contribution in [0.2, 0.25) is 0 Å². The SMILES string of the molecule is NCCn1ccn2nc(-c3ccsc3)cc12. The Morgan fingerprint density at radius 3 is 3.06 bits per heavy atom. The van der Waals surface area contributed by atoms with Crippen LogP contribution >= 0.6 is 11.3 Å². The van der Waals surface area contributed by atoms with Gasteiger partial charge in [0, 0.05) is 42.5 Å². The summed E-state index contributed by atoms with van der Waals surface area (Å²) in [5.74, 6) is 0. The summed E-state index contributed by atoms with van der Waals surface area (Å²) in [4.78, 5) is 0. The largest absolute Gasteiger partial charge is 0.330 e. The molecule has 0 bridgehead atoms. The Hall–Kier alpha value is -1.59. The molecule has 0 saturated heterocycles. The number of nitrogens with two attached hydrogens (primary N) is 1. The first-order chi connectivity index (χ1) is 7.88. The standard InChI is InChI=1S/C11H12N4S/c12-2-3-14-4-5-15-11(14)7-10(13-15)9-1-6-16-8-9/h1,4-8H,2-3,12H2. The molecule has 0 fully saturated rings. The molecule has 82 valence electrons. The summed E-state index contributed by atoms with van der Waals surface area (Å²) in [6.45, 7) is 1.47. The highest BCUT2D eigenvalue weighted by Crippen LogP contribution is 2.22. The fraction of sp³-hybridized carbons (Fsp3) is 0.182. The van der Waals surface area contributed by atoms with Crippen LogP contribution in [-0.4, -0.2) is 20.7 Å². The van der Waals surface area contributed by atoms with Crippen LogP contribution in [-0.2, 0) is 6.54 Å². The van der Waals surface area contributed by atoms with Gasteiger partial charge >= 0.3 is 0 Å². The van der Waals surface area contributed by atoms with E-state index in [1.807, 2.05) is 16.9 Å². The van der Waals surface area contributed by atoms with Crippen molar-refractivity contribution in [3.8, 4) is 11.3 Å². The zero-order chi connectivity index (χ0) is 11.0. The summed E-state index contributed by atoms with van der Waals surface area (Å²) in [5, 5.41) is 8.69. The molecule has 0 amide bonds. The molecule has 3 aromatic rings. The van der Waals surface area contributed by atoms with Crippen LogP contribution in [0.1, 0.15) is 0 Å². The molecule has 3 rings (SSSR count). The molecule has 2 N–H and O–H groups in total. The zero-order valence-corrected chi connectivity index (χ0v) is 9.52. The van der Waals surface area contributed by atoms with Crippen molar-refractivity contribution in [3.63, 3.8) is 0 Å². The summed E-state index contributed by atoms with van der Waals surface area (Å²) in [6.07, 6.45) is 3.97. The van der Waals surface area contributed by atoms with E-state index in [0.717, 1.165) is 17.9 Å². The third kappa shape index (κ3) is 1.45. The average molecular weight is 232 g/mol.